The number of fused-ring (bicyclic) bond motifs is 1. The Kier molecular flexibility index (Phi) is 5.17. The zero-order valence-electron chi connectivity index (χ0n) is 15.2. The van der Waals surface area contributed by atoms with E-state index < -0.39 is 0 Å². The first-order chi connectivity index (χ1) is 13.1. The standard InChI is InChI=1S/C22H23ClN2O2/c23-19-11-9-17(10-12-19)21(26)24-13-3-7-18(15-24)22(27)25-14-4-6-16-5-1-2-8-20(16)25/h1-2,5,8-12,18H,3-4,6-7,13-15H2/t18-/m0/s1. The van der Waals surface area contributed by atoms with E-state index in [4.69, 9.17) is 11.6 Å². The molecule has 4 rings (SSSR count). The molecule has 2 aromatic carbocycles. The van der Waals surface area contributed by atoms with Gasteiger partial charge in [-0.3, -0.25) is 9.59 Å². The van der Waals surface area contributed by atoms with E-state index in [9.17, 15) is 9.59 Å². The number of carbonyl (C=O) groups is 2. The van der Waals surface area contributed by atoms with E-state index in [1.54, 1.807) is 24.3 Å². The van der Waals surface area contributed by atoms with Crippen LogP contribution in [-0.2, 0) is 11.2 Å². The lowest BCUT2D eigenvalue weighted by Crippen LogP contribution is -2.48. The number of halogens is 1. The number of para-hydroxylation sites is 1. The number of aryl methyl sites for hydroxylation is 1. The fourth-order valence-corrected chi connectivity index (χ4v) is 4.25. The number of nitrogens with zero attached hydrogens (tertiary/aromatic N) is 2. The second-order valence-corrected chi connectivity index (χ2v) is 7.76. The molecular formula is C22H23ClN2O2. The van der Waals surface area contributed by atoms with Crippen molar-refractivity contribution in [3.05, 3.63) is 64.7 Å². The number of anilines is 1. The molecule has 0 saturated carbocycles. The zero-order chi connectivity index (χ0) is 18.8. The number of hydrogen-bond acceptors (Lipinski definition) is 2. The first kappa shape index (κ1) is 18.1. The van der Waals surface area contributed by atoms with Crippen molar-refractivity contribution in [3.8, 4) is 0 Å². The summed E-state index contributed by atoms with van der Waals surface area (Å²) in [5.41, 5.74) is 2.90. The molecule has 4 nitrogen and oxygen atoms in total. The van der Waals surface area contributed by atoms with Gasteiger partial charge >= 0.3 is 0 Å². The average Bonchev–Trinajstić information content (AvgIpc) is 2.73. The molecule has 0 aliphatic carbocycles. The van der Waals surface area contributed by atoms with Crippen LogP contribution in [0.3, 0.4) is 0 Å². The van der Waals surface area contributed by atoms with Gasteiger partial charge in [0.05, 0.1) is 5.92 Å². The molecule has 27 heavy (non-hydrogen) atoms. The number of likely N-dealkylation sites (tertiary alicyclic amines) is 1. The molecule has 5 heteroatoms. The molecule has 2 aliphatic rings. The minimum Gasteiger partial charge on any atom is -0.338 e. The second-order valence-electron chi connectivity index (χ2n) is 7.32. The van der Waals surface area contributed by atoms with E-state index in [0.717, 1.165) is 37.9 Å². The average molecular weight is 383 g/mol. The Hall–Kier alpha value is -2.33. The smallest absolute Gasteiger partial charge is 0.253 e. The van der Waals surface area contributed by atoms with Crippen LogP contribution in [0.2, 0.25) is 5.02 Å². The van der Waals surface area contributed by atoms with Gasteiger partial charge in [-0.1, -0.05) is 29.8 Å². The molecule has 140 valence electrons. The van der Waals surface area contributed by atoms with E-state index in [-0.39, 0.29) is 17.7 Å². The molecule has 1 saturated heterocycles. The minimum atomic E-state index is -0.138. The van der Waals surface area contributed by atoms with Crippen LogP contribution in [0.4, 0.5) is 5.69 Å². The summed E-state index contributed by atoms with van der Waals surface area (Å²) in [4.78, 5) is 29.8. The number of benzene rings is 2. The summed E-state index contributed by atoms with van der Waals surface area (Å²) in [6.45, 7) is 1.94. The van der Waals surface area contributed by atoms with Crippen LogP contribution in [0.15, 0.2) is 48.5 Å². The van der Waals surface area contributed by atoms with Crippen molar-refractivity contribution in [2.45, 2.75) is 25.7 Å². The first-order valence-corrected chi connectivity index (χ1v) is 9.95. The summed E-state index contributed by atoms with van der Waals surface area (Å²) >= 11 is 5.92. The maximum atomic E-state index is 13.2. The third-order valence-corrected chi connectivity index (χ3v) is 5.78. The molecular weight excluding hydrogens is 360 g/mol. The third-order valence-electron chi connectivity index (χ3n) is 5.53. The van der Waals surface area contributed by atoms with Crippen molar-refractivity contribution < 1.29 is 9.59 Å². The van der Waals surface area contributed by atoms with Crippen LogP contribution in [0.5, 0.6) is 0 Å². The summed E-state index contributed by atoms with van der Waals surface area (Å²) in [6.07, 6.45) is 3.70. The fourth-order valence-electron chi connectivity index (χ4n) is 4.12. The number of piperidine rings is 1. The lowest BCUT2D eigenvalue weighted by atomic mass is 9.93. The van der Waals surface area contributed by atoms with E-state index in [2.05, 4.69) is 6.07 Å². The predicted molar refractivity (Wildman–Crippen MR) is 107 cm³/mol. The van der Waals surface area contributed by atoms with Crippen LogP contribution in [0, 0.1) is 5.92 Å². The van der Waals surface area contributed by atoms with Gasteiger partial charge in [0.2, 0.25) is 5.91 Å². The normalized spacial score (nSPS) is 19.5. The second kappa shape index (κ2) is 7.73. The highest BCUT2D eigenvalue weighted by molar-refractivity contribution is 6.30. The Morgan fingerprint density at radius 1 is 0.963 bits per heavy atom. The van der Waals surface area contributed by atoms with E-state index >= 15 is 0 Å². The van der Waals surface area contributed by atoms with Gasteiger partial charge in [0, 0.05) is 35.9 Å². The maximum absolute atomic E-state index is 13.2. The van der Waals surface area contributed by atoms with Crippen LogP contribution in [0.25, 0.3) is 0 Å². The van der Waals surface area contributed by atoms with Gasteiger partial charge in [-0.25, -0.2) is 0 Å². The van der Waals surface area contributed by atoms with Gasteiger partial charge < -0.3 is 9.80 Å². The fraction of sp³-hybridized carbons (Fsp3) is 0.364. The molecule has 2 aliphatic heterocycles. The maximum Gasteiger partial charge on any atom is 0.253 e. The Morgan fingerprint density at radius 3 is 2.56 bits per heavy atom. The lowest BCUT2D eigenvalue weighted by Gasteiger charge is -2.37. The zero-order valence-corrected chi connectivity index (χ0v) is 16.0. The summed E-state index contributed by atoms with van der Waals surface area (Å²) in [7, 11) is 0. The van der Waals surface area contributed by atoms with Crippen LogP contribution < -0.4 is 4.90 Å². The van der Waals surface area contributed by atoms with Crippen LogP contribution >= 0.6 is 11.6 Å². The number of carbonyl (C=O) groups excluding carboxylic acids is 2. The van der Waals surface area contributed by atoms with E-state index in [0.29, 0.717) is 23.7 Å². The van der Waals surface area contributed by atoms with Gasteiger partial charge in [-0.2, -0.15) is 0 Å². The Balaban J connectivity index is 1.49. The van der Waals surface area contributed by atoms with Gasteiger partial charge in [0.25, 0.3) is 5.91 Å². The molecule has 0 N–H and O–H groups in total. The molecule has 0 aromatic heterocycles. The number of hydrogen-bond donors (Lipinski definition) is 0. The molecule has 1 atom stereocenters. The lowest BCUT2D eigenvalue weighted by molar-refractivity contribution is -0.123. The molecule has 0 unspecified atom stereocenters. The Labute approximate surface area is 164 Å². The van der Waals surface area contributed by atoms with Gasteiger partial charge in [-0.15, -0.1) is 0 Å². The highest BCUT2D eigenvalue weighted by atomic mass is 35.5. The van der Waals surface area contributed by atoms with E-state index in [1.807, 2.05) is 28.0 Å². The molecule has 0 bridgehead atoms. The van der Waals surface area contributed by atoms with Gasteiger partial charge in [0.15, 0.2) is 0 Å². The summed E-state index contributed by atoms with van der Waals surface area (Å²) in [5.74, 6) is -0.0138. The molecule has 0 radical (unpaired) electrons. The first-order valence-electron chi connectivity index (χ1n) is 9.57. The summed E-state index contributed by atoms with van der Waals surface area (Å²) in [5, 5.41) is 0.613. The number of rotatable bonds is 2. The SMILES string of the molecule is O=C(c1ccc(Cl)cc1)N1CCC[C@H](C(=O)N2CCCc3ccccc32)C1. The molecule has 2 amide bonds. The van der Waals surface area contributed by atoms with Crippen LogP contribution in [-0.4, -0.2) is 36.3 Å². The molecule has 2 heterocycles. The largest absolute Gasteiger partial charge is 0.338 e. The van der Waals surface area contributed by atoms with Crippen molar-refractivity contribution in [1.82, 2.24) is 4.90 Å². The topological polar surface area (TPSA) is 40.6 Å². The van der Waals surface area contributed by atoms with Crippen LogP contribution in [0.1, 0.15) is 35.2 Å². The molecule has 2 aromatic rings. The molecule has 0 spiro atoms. The monoisotopic (exact) mass is 382 g/mol. The molecule has 1 fully saturated rings. The van der Waals surface area contributed by atoms with E-state index in [1.165, 1.54) is 5.56 Å². The minimum absolute atomic E-state index is 0.0248. The number of amides is 2. The van der Waals surface area contributed by atoms with Gasteiger partial charge in [0.1, 0.15) is 0 Å². The van der Waals surface area contributed by atoms with Crippen molar-refractivity contribution in [2.75, 3.05) is 24.5 Å². The van der Waals surface area contributed by atoms with Gasteiger partial charge in [-0.05, 0) is 61.6 Å². The van der Waals surface area contributed by atoms with Crippen molar-refractivity contribution in [1.29, 1.82) is 0 Å². The quantitative estimate of drug-likeness (QED) is 0.782. The summed E-state index contributed by atoms with van der Waals surface area (Å²) < 4.78 is 0. The Bertz CT molecular complexity index is 850. The van der Waals surface area contributed by atoms with Crippen molar-refractivity contribution >= 4 is 29.1 Å². The Morgan fingerprint density at radius 2 is 1.74 bits per heavy atom. The highest BCUT2D eigenvalue weighted by Crippen LogP contribution is 2.30. The summed E-state index contributed by atoms with van der Waals surface area (Å²) in [6, 6.07) is 15.1. The van der Waals surface area contributed by atoms with Crippen molar-refractivity contribution in [2.24, 2.45) is 5.92 Å². The highest BCUT2D eigenvalue weighted by Gasteiger charge is 2.33. The van der Waals surface area contributed by atoms with Crippen molar-refractivity contribution in [3.63, 3.8) is 0 Å². The predicted octanol–water partition coefficient (Wildman–Crippen LogP) is 4.17. The third kappa shape index (κ3) is 3.72.